The van der Waals surface area contributed by atoms with Gasteiger partial charge < -0.3 is 19.9 Å². The molecule has 200 valence electrons. The van der Waals surface area contributed by atoms with Crippen molar-refractivity contribution in [2.24, 2.45) is 0 Å². The fourth-order valence-electron chi connectivity index (χ4n) is 5.80. The predicted octanol–water partition coefficient (Wildman–Crippen LogP) is 5.31. The SMILES string of the molecule is CCCC[C@H](C)Nc1ncc2c(-c3ccc(CN4CCN(C)CC4)cc3)cn(C3CCC(O)CC3)c2n1. The van der Waals surface area contributed by atoms with Gasteiger partial charge in [-0.15, -0.1) is 0 Å². The number of unbranched alkanes of at least 4 members (excludes halogenated alkanes) is 1. The summed E-state index contributed by atoms with van der Waals surface area (Å²) < 4.78 is 2.36. The van der Waals surface area contributed by atoms with Crippen LogP contribution in [0.1, 0.15) is 70.4 Å². The number of piperazine rings is 1. The second kappa shape index (κ2) is 11.9. The summed E-state index contributed by atoms with van der Waals surface area (Å²) in [7, 11) is 2.20. The first-order chi connectivity index (χ1) is 18.0. The summed E-state index contributed by atoms with van der Waals surface area (Å²) >= 11 is 0. The van der Waals surface area contributed by atoms with Crippen molar-refractivity contribution in [3.63, 3.8) is 0 Å². The summed E-state index contributed by atoms with van der Waals surface area (Å²) in [6.45, 7) is 9.99. The normalized spacial score (nSPS) is 22.4. The summed E-state index contributed by atoms with van der Waals surface area (Å²) in [5.41, 5.74) is 4.76. The Bertz CT molecular complexity index is 1140. The molecule has 2 fully saturated rings. The maximum absolute atomic E-state index is 10.1. The number of fused-ring (bicyclic) bond motifs is 1. The number of aliphatic hydroxyl groups excluding tert-OH is 1. The minimum Gasteiger partial charge on any atom is -0.393 e. The summed E-state index contributed by atoms with van der Waals surface area (Å²) in [5, 5.41) is 14.7. The number of benzene rings is 1. The lowest BCUT2D eigenvalue weighted by molar-refractivity contribution is 0.111. The topological polar surface area (TPSA) is 69.5 Å². The number of nitrogens with zero attached hydrogens (tertiary/aromatic N) is 5. The molecular weight excluding hydrogens is 460 g/mol. The number of anilines is 1. The fraction of sp³-hybridized carbons (Fsp3) is 0.600. The largest absolute Gasteiger partial charge is 0.393 e. The Morgan fingerprint density at radius 3 is 2.49 bits per heavy atom. The Morgan fingerprint density at radius 1 is 1.05 bits per heavy atom. The van der Waals surface area contributed by atoms with Crippen LogP contribution in [-0.2, 0) is 6.54 Å². The average molecular weight is 505 g/mol. The molecule has 3 heterocycles. The van der Waals surface area contributed by atoms with E-state index in [0.717, 1.165) is 75.9 Å². The van der Waals surface area contributed by atoms with Gasteiger partial charge in [0.05, 0.1) is 6.10 Å². The zero-order chi connectivity index (χ0) is 25.8. The number of hydrogen-bond acceptors (Lipinski definition) is 6. The quantitative estimate of drug-likeness (QED) is 0.411. The maximum Gasteiger partial charge on any atom is 0.224 e. The minimum atomic E-state index is -0.170. The first-order valence-corrected chi connectivity index (χ1v) is 14.3. The molecule has 0 amide bonds. The van der Waals surface area contributed by atoms with Gasteiger partial charge in [0.25, 0.3) is 0 Å². The Morgan fingerprint density at radius 2 is 1.78 bits per heavy atom. The van der Waals surface area contributed by atoms with Gasteiger partial charge in [-0.2, -0.15) is 4.98 Å². The van der Waals surface area contributed by atoms with Gasteiger partial charge >= 0.3 is 0 Å². The molecule has 3 aromatic rings. The van der Waals surface area contributed by atoms with E-state index in [2.05, 4.69) is 71.0 Å². The number of nitrogens with one attached hydrogen (secondary N) is 1. The van der Waals surface area contributed by atoms with E-state index in [-0.39, 0.29) is 6.10 Å². The van der Waals surface area contributed by atoms with Crippen LogP contribution >= 0.6 is 0 Å². The molecule has 2 aliphatic rings. The molecule has 0 spiro atoms. The van der Waals surface area contributed by atoms with Crippen molar-refractivity contribution < 1.29 is 5.11 Å². The van der Waals surface area contributed by atoms with Gasteiger partial charge in [0.1, 0.15) is 5.65 Å². The first-order valence-electron chi connectivity index (χ1n) is 14.3. The number of aliphatic hydroxyl groups is 1. The van der Waals surface area contributed by atoms with Crippen LogP contribution in [0.5, 0.6) is 0 Å². The lowest BCUT2D eigenvalue weighted by Gasteiger charge is -2.32. The molecule has 7 heteroatoms. The first kappa shape index (κ1) is 26.1. The molecule has 1 atom stereocenters. The third-order valence-electron chi connectivity index (χ3n) is 8.26. The molecule has 1 aromatic carbocycles. The minimum absolute atomic E-state index is 0.170. The van der Waals surface area contributed by atoms with Gasteiger partial charge in [-0.3, -0.25) is 4.90 Å². The zero-order valence-corrected chi connectivity index (χ0v) is 22.9. The summed E-state index contributed by atoms with van der Waals surface area (Å²) in [6.07, 6.45) is 11.3. The van der Waals surface area contributed by atoms with Crippen molar-refractivity contribution in [1.29, 1.82) is 0 Å². The van der Waals surface area contributed by atoms with Crippen molar-refractivity contribution in [3.8, 4) is 11.1 Å². The highest BCUT2D eigenvalue weighted by atomic mass is 16.3. The molecule has 1 aliphatic heterocycles. The second-order valence-corrected chi connectivity index (χ2v) is 11.3. The summed E-state index contributed by atoms with van der Waals surface area (Å²) in [6, 6.07) is 9.77. The fourth-order valence-corrected chi connectivity index (χ4v) is 5.80. The third kappa shape index (κ3) is 6.33. The maximum atomic E-state index is 10.1. The highest BCUT2D eigenvalue weighted by Crippen LogP contribution is 2.37. The smallest absolute Gasteiger partial charge is 0.224 e. The Labute approximate surface area is 221 Å². The van der Waals surface area contributed by atoms with Crippen LogP contribution in [0.15, 0.2) is 36.7 Å². The summed E-state index contributed by atoms with van der Waals surface area (Å²) in [5.74, 6) is 0.709. The molecule has 1 aliphatic carbocycles. The molecule has 0 radical (unpaired) electrons. The molecule has 1 saturated carbocycles. The van der Waals surface area contributed by atoms with Crippen molar-refractivity contribution in [3.05, 3.63) is 42.2 Å². The Balaban J connectivity index is 1.41. The number of aromatic nitrogens is 3. The van der Waals surface area contributed by atoms with E-state index >= 15 is 0 Å². The average Bonchev–Trinajstić information content (AvgIpc) is 3.28. The van der Waals surface area contributed by atoms with E-state index < -0.39 is 0 Å². The van der Waals surface area contributed by atoms with Crippen LogP contribution in [0.2, 0.25) is 0 Å². The van der Waals surface area contributed by atoms with Crippen molar-refractivity contribution in [2.75, 3.05) is 38.5 Å². The van der Waals surface area contributed by atoms with E-state index in [4.69, 9.17) is 9.97 Å². The summed E-state index contributed by atoms with van der Waals surface area (Å²) in [4.78, 5) is 14.7. The van der Waals surface area contributed by atoms with Gasteiger partial charge in [-0.25, -0.2) is 4.98 Å². The highest BCUT2D eigenvalue weighted by molar-refractivity contribution is 5.94. The van der Waals surface area contributed by atoms with Crippen LogP contribution in [-0.4, -0.2) is 74.8 Å². The number of likely N-dealkylation sites (N-methyl/N-ethyl adjacent to an activating group) is 1. The van der Waals surface area contributed by atoms with Gasteiger partial charge in [-0.1, -0.05) is 44.0 Å². The van der Waals surface area contributed by atoms with E-state index in [1.165, 1.54) is 29.5 Å². The van der Waals surface area contributed by atoms with Crippen LogP contribution in [0, 0.1) is 0 Å². The molecule has 1 saturated heterocycles. The van der Waals surface area contributed by atoms with Gasteiger partial charge in [0, 0.05) is 68.2 Å². The lowest BCUT2D eigenvalue weighted by atomic mass is 9.93. The second-order valence-electron chi connectivity index (χ2n) is 11.3. The molecule has 2 N–H and O–H groups in total. The Kier molecular flexibility index (Phi) is 8.43. The van der Waals surface area contributed by atoms with Crippen molar-refractivity contribution in [2.45, 2.75) is 83.5 Å². The van der Waals surface area contributed by atoms with E-state index in [1.54, 1.807) is 0 Å². The third-order valence-corrected chi connectivity index (χ3v) is 8.26. The number of rotatable bonds is 9. The van der Waals surface area contributed by atoms with Crippen LogP contribution in [0.25, 0.3) is 22.2 Å². The van der Waals surface area contributed by atoms with Gasteiger partial charge in [-0.05, 0) is 57.2 Å². The molecule has 0 bridgehead atoms. The highest BCUT2D eigenvalue weighted by Gasteiger charge is 2.24. The van der Waals surface area contributed by atoms with Gasteiger partial charge in [0.15, 0.2) is 0 Å². The predicted molar refractivity (Wildman–Crippen MR) is 152 cm³/mol. The molecule has 5 rings (SSSR count). The lowest BCUT2D eigenvalue weighted by Crippen LogP contribution is -2.43. The zero-order valence-electron chi connectivity index (χ0n) is 22.9. The molecular formula is C30H44N6O. The van der Waals surface area contributed by atoms with E-state index in [9.17, 15) is 5.11 Å². The van der Waals surface area contributed by atoms with Crippen molar-refractivity contribution in [1.82, 2.24) is 24.3 Å². The standard InChI is InChI=1S/C30H44N6O/c1-4-5-6-22(2)32-30-31-19-27-28(21-36(29(27)33-30)25-11-13-26(37)14-12-25)24-9-7-23(8-10-24)20-35-17-15-34(3)16-18-35/h7-10,19,21-22,25-26,37H,4-6,11-18,20H2,1-3H3,(H,31,32,33)/t22-,25?,26?/m0/s1. The molecule has 0 unspecified atom stereocenters. The molecule has 2 aromatic heterocycles. The van der Waals surface area contributed by atoms with E-state index in [0.29, 0.717) is 18.0 Å². The van der Waals surface area contributed by atoms with Crippen molar-refractivity contribution >= 4 is 17.0 Å². The van der Waals surface area contributed by atoms with Crippen LogP contribution in [0.4, 0.5) is 5.95 Å². The van der Waals surface area contributed by atoms with Gasteiger partial charge in [0.2, 0.25) is 5.95 Å². The Hall–Kier alpha value is -2.48. The van der Waals surface area contributed by atoms with Crippen LogP contribution in [0.3, 0.4) is 0 Å². The van der Waals surface area contributed by atoms with Crippen LogP contribution < -0.4 is 5.32 Å². The monoisotopic (exact) mass is 504 g/mol. The van der Waals surface area contributed by atoms with E-state index in [1.807, 2.05) is 6.20 Å². The molecule has 7 nitrogen and oxygen atoms in total. The molecule has 37 heavy (non-hydrogen) atoms. The number of hydrogen-bond donors (Lipinski definition) is 2.